The van der Waals surface area contributed by atoms with Gasteiger partial charge in [0.15, 0.2) is 0 Å². The van der Waals surface area contributed by atoms with Gasteiger partial charge in [-0.1, -0.05) is 55.1 Å². The van der Waals surface area contributed by atoms with Gasteiger partial charge in [-0.3, -0.25) is 9.80 Å². The molecule has 0 atom stereocenters. The minimum Gasteiger partial charge on any atom is -0.297 e. The topological polar surface area (TPSA) is 23.6 Å². The lowest BCUT2D eigenvalue weighted by Gasteiger charge is -2.26. The van der Waals surface area contributed by atoms with Crippen LogP contribution >= 0.6 is 0 Å². The molecule has 0 spiro atoms. The molecule has 0 saturated carbocycles. The second-order valence-corrected chi connectivity index (χ2v) is 4.55. The summed E-state index contributed by atoms with van der Waals surface area (Å²) in [5, 5.41) is 0. The van der Waals surface area contributed by atoms with Crippen LogP contribution in [-0.4, -0.2) is 25.0 Å². The van der Waals surface area contributed by atoms with E-state index >= 15 is 0 Å². The van der Waals surface area contributed by atoms with Crippen molar-refractivity contribution in [2.75, 3.05) is 19.0 Å². The van der Waals surface area contributed by atoms with Crippen LogP contribution in [0.15, 0.2) is 67.2 Å². The van der Waals surface area contributed by atoms with Crippen LogP contribution < -0.4 is 4.90 Å². The van der Waals surface area contributed by atoms with E-state index in [2.05, 4.69) is 6.58 Å². The van der Waals surface area contributed by atoms with Gasteiger partial charge in [0.2, 0.25) is 0 Å². The van der Waals surface area contributed by atoms with Crippen molar-refractivity contribution in [3.05, 3.63) is 72.8 Å². The van der Waals surface area contributed by atoms with Gasteiger partial charge in [-0.25, -0.2) is 4.79 Å². The monoisotopic (exact) mass is 266 g/mol. The molecule has 0 heterocycles. The maximum Gasteiger partial charge on any atom is 0.328 e. The minimum atomic E-state index is -0.120. The van der Waals surface area contributed by atoms with Crippen LogP contribution in [0.2, 0.25) is 0 Å². The van der Waals surface area contributed by atoms with E-state index in [0.717, 1.165) is 11.3 Å². The van der Waals surface area contributed by atoms with E-state index in [9.17, 15) is 4.79 Å². The Bertz CT molecular complexity index is 593. The van der Waals surface area contributed by atoms with Gasteiger partial charge < -0.3 is 0 Å². The standard InChI is InChI=1S/C17H18N2O/c1-14(15-10-6-4-7-11-15)18(2)17(20)19(3)16-12-8-5-9-13-16/h4-13H,1H2,2-3H3. The average molecular weight is 266 g/mol. The van der Waals surface area contributed by atoms with Crippen LogP contribution in [0.5, 0.6) is 0 Å². The first kappa shape index (κ1) is 13.9. The third-order valence-corrected chi connectivity index (χ3v) is 3.23. The highest BCUT2D eigenvalue weighted by Gasteiger charge is 2.18. The first-order chi connectivity index (χ1) is 9.61. The van der Waals surface area contributed by atoms with Crippen molar-refractivity contribution in [2.24, 2.45) is 0 Å². The number of hydrogen-bond acceptors (Lipinski definition) is 1. The van der Waals surface area contributed by atoms with Crippen LogP contribution in [0.4, 0.5) is 10.5 Å². The van der Waals surface area contributed by atoms with Crippen LogP contribution in [0.3, 0.4) is 0 Å². The number of hydrogen-bond donors (Lipinski definition) is 0. The second kappa shape index (κ2) is 6.06. The third-order valence-electron chi connectivity index (χ3n) is 3.23. The lowest BCUT2D eigenvalue weighted by Crippen LogP contribution is -2.37. The highest BCUT2D eigenvalue weighted by Crippen LogP contribution is 2.19. The number of para-hydroxylation sites is 1. The molecule has 102 valence electrons. The Morgan fingerprint density at radius 2 is 1.40 bits per heavy atom. The summed E-state index contributed by atoms with van der Waals surface area (Å²) in [5.41, 5.74) is 2.47. The van der Waals surface area contributed by atoms with E-state index in [0.29, 0.717) is 5.70 Å². The smallest absolute Gasteiger partial charge is 0.297 e. The van der Waals surface area contributed by atoms with E-state index in [-0.39, 0.29) is 6.03 Å². The van der Waals surface area contributed by atoms with Gasteiger partial charge in [0, 0.05) is 25.5 Å². The number of carbonyl (C=O) groups excluding carboxylic acids is 1. The molecule has 20 heavy (non-hydrogen) atoms. The fourth-order valence-corrected chi connectivity index (χ4v) is 1.93. The molecule has 0 fully saturated rings. The summed E-state index contributed by atoms with van der Waals surface area (Å²) in [6.45, 7) is 4.00. The van der Waals surface area contributed by atoms with Crippen molar-refractivity contribution < 1.29 is 4.79 Å². The first-order valence-electron chi connectivity index (χ1n) is 6.42. The Kier molecular flexibility index (Phi) is 4.20. The lowest BCUT2D eigenvalue weighted by atomic mass is 10.1. The maximum absolute atomic E-state index is 12.4. The molecule has 0 aliphatic heterocycles. The van der Waals surface area contributed by atoms with Crippen LogP contribution in [0.25, 0.3) is 5.70 Å². The van der Waals surface area contributed by atoms with E-state index in [1.165, 1.54) is 0 Å². The average Bonchev–Trinajstić information content (AvgIpc) is 2.53. The zero-order valence-corrected chi connectivity index (χ0v) is 11.8. The van der Waals surface area contributed by atoms with E-state index in [4.69, 9.17) is 0 Å². The molecular formula is C17H18N2O. The van der Waals surface area contributed by atoms with Crippen molar-refractivity contribution in [1.29, 1.82) is 0 Å². The van der Waals surface area contributed by atoms with Crippen molar-refractivity contribution in [3.63, 3.8) is 0 Å². The molecule has 0 aromatic heterocycles. The normalized spacial score (nSPS) is 9.90. The van der Waals surface area contributed by atoms with Gasteiger partial charge >= 0.3 is 6.03 Å². The molecular weight excluding hydrogens is 248 g/mol. The Morgan fingerprint density at radius 3 is 1.95 bits per heavy atom. The Morgan fingerprint density at radius 1 is 0.900 bits per heavy atom. The third kappa shape index (κ3) is 2.88. The van der Waals surface area contributed by atoms with E-state index in [1.54, 1.807) is 23.9 Å². The van der Waals surface area contributed by atoms with Gasteiger partial charge in [-0.2, -0.15) is 0 Å². The summed E-state index contributed by atoms with van der Waals surface area (Å²) < 4.78 is 0. The molecule has 0 saturated heterocycles. The van der Waals surface area contributed by atoms with Crippen LogP contribution in [0.1, 0.15) is 5.56 Å². The number of nitrogens with zero attached hydrogens (tertiary/aromatic N) is 2. The Labute approximate surface area is 119 Å². The van der Waals surface area contributed by atoms with Gasteiger partial charge in [-0.05, 0) is 17.7 Å². The summed E-state index contributed by atoms with van der Waals surface area (Å²) in [4.78, 5) is 15.6. The number of rotatable bonds is 3. The molecule has 0 aliphatic carbocycles. The molecule has 0 unspecified atom stereocenters. The molecule has 0 bridgehead atoms. The lowest BCUT2D eigenvalue weighted by molar-refractivity contribution is 0.232. The highest BCUT2D eigenvalue weighted by molar-refractivity contribution is 5.96. The zero-order valence-electron chi connectivity index (χ0n) is 11.8. The molecule has 0 radical (unpaired) electrons. The molecule has 3 heteroatoms. The summed E-state index contributed by atoms with van der Waals surface area (Å²) in [7, 11) is 3.49. The van der Waals surface area contributed by atoms with Crippen molar-refractivity contribution >= 4 is 17.4 Å². The predicted molar refractivity (Wildman–Crippen MR) is 83.5 cm³/mol. The molecule has 2 aromatic carbocycles. The molecule has 3 nitrogen and oxygen atoms in total. The maximum atomic E-state index is 12.4. The largest absolute Gasteiger partial charge is 0.328 e. The van der Waals surface area contributed by atoms with Crippen LogP contribution in [-0.2, 0) is 0 Å². The fraction of sp³-hybridized carbons (Fsp3) is 0.118. The first-order valence-corrected chi connectivity index (χ1v) is 6.42. The number of anilines is 1. The molecule has 2 aromatic rings. The summed E-state index contributed by atoms with van der Waals surface area (Å²) in [5.74, 6) is 0. The summed E-state index contributed by atoms with van der Waals surface area (Å²) in [6.07, 6.45) is 0. The van der Waals surface area contributed by atoms with Crippen molar-refractivity contribution in [2.45, 2.75) is 0 Å². The minimum absolute atomic E-state index is 0.120. The van der Waals surface area contributed by atoms with E-state index < -0.39 is 0 Å². The SMILES string of the molecule is C=C(c1ccccc1)N(C)C(=O)N(C)c1ccccc1. The van der Waals surface area contributed by atoms with Gasteiger partial charge in [0.25, 0.3) is 0 Å². The number of carbonyl (C=O) groups is 1. The Balaban J connectivity index is 2.15. The number of urea groups is 1. The van der Waals surface area contributed by atoms with Gasteiger partial charge in [0.05, 0.1) is 0 Å². The quantitative estimate of drug-likeness (QED) is 0.827. The highest BCUT2D eigenvalue weighted by atomic mass is 16.2. The number of benzene rings is 2. The van der Waals surface area contributed by atoms with Crippen LogP contribution in [0, 0.1) is 0 Å². The number of amides is 2. The fourth-order valence-electron chi connectivity index (χ4n) is 1.93. The summed E-state index contributed by atoms with van der Waals surface area (Å²) in [6, 6.07) is 19.1. The molecule has 2 rings (SSSR count). The van der Waals surface area contributed by atoms with Crippen molar-refractivity contribution in [1.82, 2.24) is 4.90 Å². The van der Waals surface area contributed by atoms with E-state index in [1.807, 2.05) is 60.7 Å². The molecule has 0 aliphatic rings. The van der Waals surface area contributed by atoms with Crippen molar-refractivity contribution in [3.8, 4) is 0 Å². The van der Waals surface area contributed by atoms with Gasteiger partial charge in [-0.15, -0.1) is 0 Å². The molecule has 0 N–H and O–H groups in total. The molecule has 2 amide bonds. The summed E-state index contributed by atoms with van der Waals surface area (Å²) >= 11 is 0. The van der Waals surface area contributed by atoms with Gasteiger partial charge in [0.1, 0.15) is 0 Å². The second-order valence-electron chi connectivity index (χ2n) is 4.55. The zero-order chi connectivity index (χ0) is 14.5. The predicted octanol–water partition coefficient (Wildman–Crippen LogP) is 3.85. The Hall–Kier alpha value is -2.55.